The number of thiophene rings is 1. The molecule has 0 saturated heterocycles. The van der Waals surface area contributed by atoms with Crippen LogP contribution >= 0.6 is 11.3 Å². The van der Waals surface area contributed by atoms with Gasteiger partial charge in [0.15, 0.2) is 0 Å². The molecule has 0 amide bonds. The van der Waals surface area contributed by atoms with Gasteiger partial charge in [-0.25, -0.2) is 0 Å². The minimum atomic E-state index is 0.330. The molecule has 2 N–H and O–H groups in total. The molecule has 0 bridgehead atoms. The second kappa shape index (κ2) is 5.94. The first-order valence-electron chi connectivity index (χ1n) is 7.67. The van der Waals surface area contributed by atoms with E-state index >= 15 is 0 Å². The van der Waals surface area contributed by atoms with Gasteiger partial charge in [0, 0.05) is 22.9 Å². The van der Waals surface area contributed by atoms with Gasteiger partial charge in [0.25, 0.3) is 0 Å². The summed E-state index contributed by atoms with van der Waals surface area (Å²) in [6.07, 6.45) is 10.5. The standard InChI is InChI=1S/C16H25NOS/c1-18-15-7-4-8-16-13(15)9-12(19-16)10-14(17)11-5-2-3-6-11/h9,11,14-15H,2-8,10,17H2,1H3. The highest BCUT2D eigenvalue weighted by molar-refractivity contribution is 7.12. The Kier molecular flexibility index (Phi) is 4.25. The first-order valence-corrected chi connectivity index (χ1v) is 8.49. The van der Waals surface area contributed by atoms with Crippen LogP contribution in [-0.2, 0) is 17.6 Å². The molecule has 2 aliphatic carbocycles. The zero-order chi connectivity index (χ0) is 13.2. The Morgan fingerprint density at radius 2 is 2.11 bits per heavy atom. The summed E-state index contributed by atoms with van der Waals surface area (Å²) in [5.41, 5.74) is 7.86. The highest BCUT2D eigenvalue weighted by Crippen LogP contribution is 2.38. The van der Waals surface area contributed by atoms with E-state index < -0.39 is 0 Å². The van der Waals surface area contributed by atoms with Crippen molar-refractivity contribution in [2.45, 2.75) is 63.5 Å². The summed E-state index contributed by atoms with van der Waals surface area (Å²) in [6.45, 7) is 0. The molecule has 2 unspecified atom stereocenters. The Morgan fingerprint density at radius 1 is 1.32 bits per heavy atom. The first-order chi connectivity index (χ1) is 9.28. The number of methoxy groups -OCH3 is 1. The molecule has 19 heavy (non-hydrogen) atoms. The smallest absolute Gasteiger partial charge is 0.0832 e. The molecule has 2 nitrogen and oxygen atoms in total. The third kappa shape index (κ3) is 2.88. The third-order valence-corrected chi connectivity index (χ3v) is 6.07. The average molecular weight is 279 g/mol. The Bertz CT molecular complexity index is 422. The Labute approximate surface area is 120 Å². The lowest BCUT2D eigenvalue weighted by molar-refractivity contribution is 0.0888. The Hall–Kier alpha value is -0.380. The van der Waals surface area contributed by atoms with Gasteiger partial charge < -0.3 is 10.5 Å². The normalized spacial score (nSPS) is 25.5. The van der Waals surface area contributed by atoms with E-state index in [1.807, 2.05) is 18.4 Å². The van der Waals surface area contributed by atoms with Crippen LogP contribution in [0.15, 0.2) is 6.07 Å². The van der Waals surface area contributed by atoms with Gasteiger partial charge in [-0.3, -0.25) is 0 Å². The van der Waals surface area contributed by atoms with Gasteiger partial charge in [0.2, 0.25) is 0 Å². The van der Waals surface area contributed by atoms with Crippen LogP contribution in [0.5, 0.6) is 0 Å². The molecular weight excluding hydrogens is 254 g/mol. The van der Waals surface area contributed by atoms with Crippen LogP contribution in [0.25, 0.3) is 0 Å². The van der Waals surface area contributed by atoms with Gasteiger partial charge in [-0.05, 0) is 56.1 Å². The highest BCUT2D eigenvalue weighted by Gasteiger charge is 2.26. The fourth-order valence-electron chi connectivity index (χ4n) is 3.70. The minimum absolute atomic E-state index is 0.330. The molecule has 3 rings (SSSR count). The number of rotatable bonds is 4. The van der Waals surface area contributed by atoms with Crippen molar-refractivity contribution in [3.8, 4) is 0 Å². The van der Waals surface area contributed by atoms with Crippen molar-refractivity contribution in [3.63, 3.8) is 0 Å². The molecule has 0 radical (unpaired) electrons. The molecule has 1 heterocycles. The topological polar surface area (TPSA) is 35.2 Å². The van der Waals surface area contributed by atoms with Gasteiger partial charge in [-0.15, -0.1) is 11.3 Å². The summed E-state index contributed by atoms with van der Waals surface area (Å²) < 4.78 is 5.61. The van der Waals surface area contributed by atoms with E-state index in [9.17, 15) is 0 Å². The number of aryl methyl sites for hydroxylation is 1. The van der Waals surface area contributed by atoms with Crippen molar-refractivity contribution in [1.82, 2.24) is 0 Å². The van der Waals surface area contributed by atoms with Crippen LogP contribution < -0.4 is 5.73 Å². The minimum Gasteiger partial charge on any atom is -0.377 e. The number of hydrogen-bond acceptors (Lipinski definition) is 3. The van der Waals surface area contributed by atoms with Crippen molar-refractivity contribution in [2.75, 3.05) is 7.11 Å². The molecule has 1 aromatic heterocycles. The van der Waals surface area contributed by atoms with E-state index in [0.29, 0.717) is 12.1 Å². The molecule has 0 aromatic carbocycles. The Balaban J connectivity index is 1.70. The second-order valence-corrected chi connectivity index (χ2v) is 7.34. The van der Waals surface area contributed by atoms with Crippen LogP contribution in [0.4, 0.5) is 0 Å². The van der Waals surface area contributed by atoms with E-state index in [4.69, 9.17) is 10.5 Å². The largest absolute Gasteiger partial charge is 0.377 e. The van der Waals surface area contributed by atoms with Crippen LogP contribution in [0.1, 0.15) is 59.9 Å². The summed E-state index contributed by atoms with van der Waals surface area (Å²) in [7, 11) is 1.83. The first kappa shape index (κ1) is 13.6. The summed E-state index contributed by atoms with van der Waals surface area (Å²) >= 11 is 1.98. The average Bonchev–Trinajstić information content (AvgIpc) is 3.06. The van der Waals surface area contributed by atoms with Crippen molar-refractivity contribution < 1.29 is 4.74 Å². The van der Waals surface area contributed by atoms with E-state index in [1.165, 1.54) is 55.4 Å². The molecule has 1 aromatic rings. The fraction of sp³-hybridized carbons (Fsp3) is 0.750. The SMILES string of the molecule is COC1CCCc2sc(CC(N)C3CCCC3)cc21. The van der Waals surface area contributed by atoms with Crippen LogP contribution in [-0.4, -0.2) is 13.2 Å². The fourth-order valence-corrected chi connectivity index (χ4v) is 5.03. The zero-order valence-electron chi connectivity index (χ0n) is 11.9. The van der Waals surface area contributed by atoms with E-state index in [2.05, 4.69) is 6.07 Å². The molecule has 2 aliphatic rings. The molecule has 3 heteroatoms. The quantitative estimate of drug-likeness (QED) is 0.909. The number of hydrogen-bond donors (Lipinski definition) is 1. The Morgan fingerprint density at radius 3 is 2.84 bits per heavy atom. The lowest BCUT2D eigenvalue weighted by Gasteiger charge is -2.20. The zero-order valence-corrected chi connectivity index (χ0v) is 12.7. The maximum atomic E-state index is 6.41. The lowest BCUT2D eigenvalue weighted by atomic mass is 9.93. The van der Waals surface area contributed by atoms with E-state index in [-0.39, 0.29) is 0 Å². The van der Waals surface area contributed by atoms with Gasteiger partial charge in [-0.2, -0.15) is 0 Å². The van der Waals surface area contributed by atoms with E-state index in [1.54, 1.807) is 4.88 Å². The number of fused-ring (bicyclic) bond motifs is 1. The van der Waals surface area contributed by atoms with Crippen LogP contribution in [0, 0.1) is 5.92 Å². The van der Waals surface area contributed by atoms with Crippen LogP contribution in [0.2, 0.25) is 0 Å². The summed E-state index contributed by atoms with van der Waals surface area (Å²) in [5.74, 6) is 0.761. The van der Waals surface area contributed by atoms with Gasteiger partial charge >= 0.3 is 0 Å². The summed E-state index contributed by atoms with van der Waals surface area (Å²) in [4.78, 5) is 3.03. The number of nitrogens with two attached hydrogens (primary N) is 1. The van der Waals surface area contributed by atoms with Crippen LogP contribution in [0.3, 0.4) is 0 Å². The lowest BCUT2D eigenvalue weighted by Crippen LogP contribution is -2.30. The molecule has 106 valence electrons. The summed E-state index contributed by atoms with van der Waals surface area (Å²) in [6, 6.07) is 2.74. The monoisotopic (exact) mass is 279 g/mol. The van der Waals surface area contributed by atoms with Crippen molar-refractivity contribution in [2.24, 2.45) is 11.7 Å². The predicted molar refractivity (Wildman–Crippen MR) is 80.6 cm³/mol. The van der Waals surface area contributed by atoms with Gasteiger partial charge in [0.1, 0.15) is 0 Å². The predicted octanol–water partition coefficient (Wildman–Crippen LogP) is 3.83. The molecule has 1 fully saturated rings. The van der Waals surface area contributed by atoms with Crippen molar-refractivity contribution in [3.05, 3.63) is 21.4 Å². The van der Waals surface area contributed by atoms with Crippen molar-refractivity contribution in [1.29, 1.82) is 0 Å². The maximum absolute atomic E-state index is 6.41. The highest BCUT2D eigenvalue weighted by atomic mass is 32.1. The molecule has 0 aliphatic heterocycles. The molecular formula is C16H25NOS. The summed E-state index contributed by atoms with van der Waals surface area (Å²) in [5, 5.41) is 0. The molecule has 1 saturated carbocycles. The van der Waals surface area contributed by atoms with Gasteiger partial charge in [-0.1, -0.05) is 12.8 Å². The second-order valence-electron chi connectivity index (χ2n) is 6.12. The maximum Gasteiger partial charge on any atom is 0.0832 e. The molecule has 0 spiro atoms. The van der Waals surface area contributed by atoms with E-state index in [0.717, 1.165) is 12.3 Å². The van der Waals surface area contributed by atoms with Crippen molar-refractivity contribution >= 4 is 11.3 Å². The third-order valence-electron chi connectivity index (χ3n) is 4.84. The number of ether oxygens (including phenoxy) is 1. The molecule has 2 atom stereocenters. The van der Waals surface area contributed by atoms with Gasteiger partial charge in [0.05, 0.1) is 6.10 Å².